The number of amidine groups is 1. The van der Waals surface area contributed by atoms with Crippen molar-refractivity contribution in [3.05, 3.63) is 11.8 Å². The first-order valence-electron chi connectivity index (χ1n) is 2.76. The average molecular weight is 135 g/mol. The van der Waals surface area contributed by atoms with Gasteiger partial charge in [-0.15, -0.1) is 0 Å². The number of aliphatic imine (C=N–C) groups is 1. The van der Waals surface area contributed by atoms with Gasteiger partial charge in [-0.05, 0) is 0 Å². The van der Waals surface area contributed by atoms with Crippen molar-refractivity contribution in [3.8, 4) is 0 Å². The van der Waals surface area contributed by atoms with Gasteiger partial charge in [0, 0.05) is 0 Å². The van der Waals surface area contributed by atoms with E-state index in [1.165, 1.54) is 0 Å². The molecule has 0 spiro atoms. The highest BCUT2D eigenvalue weighted by Gasteiger charge is 2.19. The predicted octanol–water partition coefficient (Wildman–Crippen LogP) is -0.220. The molecule has 2 rings (SSSR count). The van der Waals surface area contributed by atoms with Gasteiger partial charge in [-0.1, -0.05) is 0 Å². The Kier molecular flexibility index (Phi) is 0.743. The van der Waals surface area contributed by atoms with E-state index in [2.05, 4.69) is 15.2 Å². The van der Waals surface area contributed by atoms with Gasteiger partial charge in [0.1, 0.15) is 5.71 Å². The number of rotatable bonds is 0. The van der Waals surface area contributed by atoms with Crippen LogP contribution in [0.1, 0.15) is 5.56 Å². The molecule has 0 aromatic carbocycles. The number of nitrogens with zero attached hydrogens (tertiary/aromatic N) is 2. The van der Waals surface area contributed by atoms with E-state index in [1.807, 2.05) is 0 Å². The van der Waals surface area contributed by atoms with Gasteiger partial charge in [0.05, 0.1) is 11.8 Å². The SMILES string of the molecule is N=C1C(N)=Nc2[nH]ncc21. The van der Waals surface area contributed by atoms with E-state index < -0.39 is 0 Å². The Morgan fingerprint density at radius 2 is 2.40 bits per heavy atom. The molecule has 4 N–H and O–H groups in total. The van der Waals surface area contributed by atoms with Gasteiger partial charge in [-0.25, -0.2) is 4.99 Å². The number of H-pyrrole nitrogens is 1. The summed E-state index contributed by atoms with van der Waals surface area (Å²) < 4.78 is 0. The lowest BCUT2D eigenvalue weighted by Gasteiger charge is -1.86. The highest BCUT2D eigenvalue weighted by atomic mass is 15.2. The minimum absolute atomic E-state index is 0.253. The maximum atomic E-state index is 7.34. The minimum Gasteiger partial charge on any atom is -0.382 e. The molecule has 1 aliphatic heterocycles. The van der Waals surface area contributed by atoms with Crippen molar-refractivity contribution in [2.75, 3.05) is 0 Å². The van der Waals surface area contributed by atoms with E-state index in [0.717, 1.165) is 0 Å². The van der Waals surface area contributed by atoms with Gasteiger partial charge < -0.3 is 5.73 Å². The first-order chi connectivity index (χ1) is 4.79. The number of fused-ring (bicyclic) bond motifs is 1. The summed E-state index contributed by atoms with van der Waals surface area (Å²) in [5, 5.41) is 13.7. The lowest BCUT2D eigenvalue weighted by Crippen LogP contribution is -2.19. The number of aromatic nitrogens is 2. The third kappa shape index (κ3) is 0.439. The van der Waals surface area contributed by atoms with Gasteiger partial charge in [0.25, 0.3) is 0 Å². The highest BCUT2D eigenvalue weighted by molar-refractivity contribution is 6.49. The molecule has 2 heterocycles. The van der Waals surface area contributed by atoms with Crippen LogP contribution in [-0.4, -0.2) is 21.7 Å². The molecular formula is C5H5N5. The highest BCUT2D eigenvalue weighted by Crippen LogP contribution is 2.20. The van der Waals surface area contributed by atoms with E-state index in [1.54, 1.807) is 6.20 Å². The molecule has 5 heteroatoms. The summed E-state index contributed by atoms with van der Waals surface area (Å²) in [6.07, 6.45) is 1.54. The van der Waals surface area contributed by atoms with Gasteiger partial charge in [0.15, 0.2) is 11.7 Å². The van der Waals surface area contributed by atoms with Crippen LogP contribution in [0.2, 0.25) is 0 Å². The predicted molar refractivity (Wildman–Crippen MR) is 36.7 cm³/mol. The van der Waals surface area contributed by atoms with Crippen molar-refractivity contribution < 1.29 is 0 Å². The van der Waals surface area contributed by atoms with Gasteiger partial charge in [-0.3, -0.25) is 10.5 Å². The molecule has 0 unspecified atom stereocenters. The van der Waals surface area contributed by atoms with E-state index in [4.69, 9.17) is 11.1 Å². The molecule has 0 amide bonds. The standard InChI is InChI=1S/C5H5N5/c6-3-2-1-8-10-5(2)9-4(3)7/h1H,(H4,6,7,8,9,10). The fraction of sp³-hybridized carbons (Fsp3) is 0. The van der Waals surface area contributed by atoms with E-state index in [-0.39, 0.29) is 11.5 Å². The minimum atomic E-state index is 0.253. The summed E-state index contributed by atoms with van der Waals surface area (Å²) in [6, 6.07) is 0. The molecule has 1 aromatic heterocycles. The average Bonchev–Trinajstić information content (AvgIpc) is 2.41. The maximum Gasteiger partial charge on any atom is 0.159 e. The Labute approximate surface area is 56.5 Å². The van der Waals surface area contributed by atoms with Gasteiger partial charge in [-0.2, -0.15) is 5.10 Å². The zero-order valence-corrected chi connectivity index (χ0v) is 5.05. The molecule has 5 nitrogen and oxygen atoms in total. The molecule has 0 atom stereocenters. The number of nitrogens with two attached hydrogens (primary N) is 1. The third-order valence-corrected chi connectivity index (χ3v) is 1.38. The van der Waals surface area contributed by atoms with Crippen LogP contribution in [0.3, 0.4) is 0 Å². The van der Waals surface area contributed by atoms with E-state index >= 15 is 0 Å². The van der Waals surface area contributed by atoms with Crippen LogP contribution in [0.15, 0.2) is 11.2 Å². The van der Waals surface area contributed by atoms with Crippen LogP contribution in [0.4, 0.5) is 5.82 Å². The summed E-state index contributed by atoms with van der Waals surface area (Å²) in [4.78, 5) is 3.84. The summed E-state index contributed by atoms with van der Waals surface area (Å²) in [7, 11) is 0. The van der Waals surface area contributed by atoms with Gasteiger partial charge >= 0.3 is 0 Å². The molecule has 0 bridgehead atoms. The summed E-state index contributed by atoms with van der Waals surface area (Å²) >= 11 is 0. The Morgan fingerprint density at radius 1 is 1.60 bits per heavy atom. The van der Waals surface area contributed by atoms with Crippen LogP contribution < -0.4 is 5.73 Å². The fourth-order valence-corrected chi connectivity index (χ4v) is 0.862. The van der Waals surface area contributed by atoms with Crippen LogP contribution in [0.25, 0.3) is 0 Å². The molecule has 1 aromatic rings. The second kappa shape index (κ2) is 1.44. The molecule has 1 aliphatic rings. The summed E-state index contributed by atoms with van der Waals surface area (Å²) in [5.74, 6) is 0.839. The van der Waals surface area contributed by atoms with Gasteiger partial charge in [0.2, 0.25) is 0 Å². The molecule has 0 fully saturated rings. The zero-order valence-electron chi connectivity index (χ0n) is 5.05. The first kappa shape index (κ1) is 5.16. The Balaban J connectivity index is 2.68. The normalized spacial score (nSPS) is 15.2. The second-order valence-corrected chi connectivity index (χ2v) is 2.00. The van der Waals surface area contributed by atoms with Crippen molar-refractivity contribution in [2.24, 2.45) is 10.7 Å². The Bertz CT molecular complexity index is 321. The second-order valence-electron chi connectivity index (χ2n) is 2.00. The zero-order chi connectivity index (χ0) is 7.14. The smallest absolute Gasteiger partial charge is 0.159 e. The number of nitrogens with one attached hydrogen (secondary N) is 2. The first-order valence-corrected chi connectivity index (χ1v) is 2.76. The Hall–Kier alpha value is -1.65. The summed E-state index contributed by atoms with van der Waals surface area (Å²) in [6.45, 7) is 0. The number of aromatic amines is 1. The number of hydrogen-bond acceptors (Lipinski definition) is 4. The van der Waals surface area contributed by atoms with Crippen LogP contribution in [0.5, 0.6) is 0 Å². The van der Waals surface area contributed by atoms with Crippen molar-refractivity contribution in [2.45, 2.75) is 0 Å². The largest absolute Gasteiger partial charge is 0.382 e. The molecule has 0 aliphatic carbocycles. The van der Waals surface area contributed by atoms with Crippen molar-refractivity contribution >= 4 is 17.4 Å². The third-order valence-electron chi connectivity index (χ3n) is 1.38. The van der Waals surface area contributed by atoms with Crippen molar-refractivity contribution in [1.82, 2.24) is 10.2 Å². The Morgan fingerprint density at radius 3 is 3.10 bits per heavy atom. The topological polar surface area (TPSA) is 90.9 Å². The van der Waals surface area contributed by atoms with Crippen molar-refractivity contribution in [1.29, 1.82) is 5.41 Å². The molecule has 10 heavy (non-hydrogen) atoms. The lowest BCUT2D eigenvalue weighted by atomic mass is 10.2. The van der Waals surface area contributed by atoms with Crippen LogP contribution in [0, 0.1) is 5.41 Å². The van der Waals surface area contributed by atoms with Crippen LogP contribution in [-0.2, 0) is 0 Å². The monoisotopic (exact) mass is 135 g/mol. The number of hydrogen-bond donors (Lipinski definition) is 3. The molecule has 0 radical (unpaired) electrons. The van der Waals surface area contributed by atoms with E-state index in [9.17, 15) is 0 Å². The molecular weight excluding hydrogens is 130 g/mol. The van der Waals surface area contributed by atoms with Crippen LogP contribution >= 0.6 is 0 Å². The summed E-state index contributed by atoms with van der Waals surface area (Å²) in [5.41, 5.74) is 6.28. The molecule has 0 saturated heterocycles. The van der Waals surface area contributed by atoms with Crippen molar-refractivity contribution in [3.63, 3.8) is 0 Å². The molecule has 0 saturated carbocycles. The van der Waals surface area contributed by atoms with E-state index in [0.29, 0.717) is 11.4 Å². The lowest BCUT2D eigenvalue weighted by molar-refractivity contribution is 1.08. The quantitative estimate of drug-likeness (QED) is 0.459. The molecule has 50 valence electrons. The maximum absolute atomic E-state index is 7.34. The fourth-order valence-electron chi connectivity index (χ4n) is 0.862.